The first kappa shape index (κ1) is 46.8. The minimum Gasteiger partial charge on any atom is -0.497 e. The van der Waals surface area contributed by atoms with E-state index in [0.717, 1.165) is 49.4 Å². The fourth-order valence-electron chi connectivity index (χ4n) is 7.88. The Morgan fingerprint density at radius 1 is 0.422 bits per heavy atom. The van der Waals surface area contributed by atoms with Crippen LogP contribution in [-0.2, 0) is 21.7 Å². The third kappa shape index (κ3) is 9.34. The van der Waals surface area contributed by atoms with Crippen molar-refractivity contribution in [1.82, 2.24) is 0 Å². The molecular weight excluding hydrogens is 847 g/mol. The third-order valence-electron chi connectivity index (χ3n) is 11.4. The van der Waals surface area contributed by atoms with E-state index < -0.39 is 22.6 Å². The van der Waals surface area contributed by atoms with Crippen molar-refractivity contribution in [3.05, 3.63) is 101 Å². The number of methoxy groups -OCH3 is 4. The number of fused-ring (bicyclic) bond motifs is 6. The quantitative estimate of drug-likeness (QED) is 0.139. The lowest BCUT2D eigenvalue weighted by Crippen LogP contribution is -2.12. The minimum absolute atomic E-state index is 0.323. The first-order valence-corrected chi connectivity index (χ1v) is 23.8. The summed E-state index contributed by atoms with van der Waals surface area (Å²) in [5, 5.41) is 3.32. The molecule has 64 heavy (non-hydrogen) atoms. The van der Waals surface area contributed by atoms with Crippen LogP contribution in [0.1, 0.15) is 124 Å². The van der Waals surface area contributed by atoms with Gasteiger partial charge in [-0.2, -0.15) is 0 Å². The smallest absolute Gasteiger partial charge is 0.453 e. The second kappa shape index (κ2) is 17.3. The Bertz CT molecular complexity index is 2780. The highest BCUT2D eigenvalue weighted by atomic mass is 31.1. The Balaban J connectivity index is 1.46. The molecule has 0 bridgehead atoms. The Morgan fingerprint density at radius 2 is 0.719 bits per heavy atom. The maximum Gasteiger partial charge on any atom is 0.453 e. The molecule has 0 spiro atoms. The summed E-state index contributed by atoms with van der Waals surface area (Å²) >= 11 is 0. The second-order valence-electron chi connectivity index (χ2n) is 20.4. The fraction of sp³-hybridized carbons (Fsp3) is 0.423. The van der Waals surface area contributed by atoms with Gasteiger partial charge in [0.1, 0.15) is 51.1 Å². The average Bonchev–Trinajstić information content (AvgIpc) is 3.47. The minimum atomic E-state index is -2.10. The van der Waals surface area contributed by atoms with E-state index in [-0.39, 0.29) is 21.7 Å². The normalized spacial score (nSPS) is 13.1. The van der Waals surface area contributed by atoms with Gasteiger partial charge < -0.3 is 40.3 Å². The molecule has 1 unspecified atom stereocenters. The summed E-state index contributed by atoms with van der Waals surface area (Å²) in [7, 11) is 2.55. The lowest BCUT2D eigenvalue weighted by Gasteiger charge is -2.21. The summed E-state index contributed by atoms with van der Waals surface area (Å²) in [4.78, 5) is 0. The van der Waals surface area contributed by atoms with Gasteiger partial charge in [-0.15, -0.1) is 0 Å². The summed E-state index contributed by atoms with van der Waals surface area (Å²) in [6.45, 7) is 27.8. The number of benzene rings is 5. The zero-order valence-electron chi connectivity index (χ0n) is 40.5. The maximum atomic E-state index is 6.97. The van der Waals surface area contributed by atoms with Crippen LogP contribution in [0.4, 0.5) is 0 Å². The second-order valence-corrected chi connectivity index (χ2v) is 22.4. The lowest BCUT2D eigenvalue weighted by molar-refractivity contribution is 0.281. The fourth-order valence-corrected chi connectivity index (χ4v) is 10.2. The Labute approximate surface area is 379 Å². The molecule has 0 saturated heterocycles. The van der Waals surface area contributed by atoms with Crippen molar-refractivity contribution in [1.29, 1.82) is 0 Å². The topological polar surface area (TPSA) is 108 Å². The Morgan fingerprint density at radius 3 is 1.02 bits per heavy atom. The number of rotatable bonds is 9. The molecule has 5 aromatic carbocycles. The van der Waals surface area contributed by atoms with Gasteiger partial charge >= 0.3 is 16.5 Å². The molecule has 12 heteroatoms. The maximum absolute atomic E-state index is 6.97. The van der Waals surface area contributed by atoms with E-state index in [0.29, 0.717) is 51.1 Å². The number of para-hydroxylation sites is 1. The molecule has 0 radical (unpaired) electrons. The third-order valence-corrected chi connectivity index (χ3v) is 13.6. The van der Waals surface area contributed by atoms with Crippen molar-refractivity contribution in [2.24, 2.45) is 0 Å². The highest BCUT2D eigenvalue weighted by molar-refractivity contribution is 7.32. The standard InChI is InChI=1S/C52H64O10P2/c1-30(57-63-59-45-36(22-31(53-14)26-40(45)49(2,3)4)37-23-32(54-15)27-41(46(37)60-63)50(5,6)7)35-20-18-19-21-44(35)58-64-61-47-38(24-33(55-16)28-42(47)51(8,9)10)39-25-34(56-17)29-43(48(39)62-64)52(11,12)13/h18-30H,1-17H3. The molecule has 0 amide bonds. The van der Waals surface area contributed by atoms with Crippen LogP contribution in [0.15, 0.2) is 89.6 Å². The van der Waals surface area contributed by atoms with Gasteiger partial charge in [-0.1, -0.05) is 101 Å². The zero-order chi connectivity index (χ0) is 46.7. The van der Waals surface area contributed by atoms with Gasteiger partial charge in [-0.3, -0.25) is 4.52 Å². The lowest BCUT2D eigenvalue weighted by atomic mass is 9.84. The van der Waals surface area contributed by atoms with Crippen molar-refractivity contribution in [3.8, 4) is 28.7 Å². The van der Waals surface area contributed by atoms with Crippen LogP contribution in [0.5, 0.6) is 28.7 Å². The van der Waals surface area contributed by atoms with E-state index in [4.69, 9.17) is 44.8 Å². The summed E-state index contributed by atoms with van der Waals surface area (Å²) in [6, 6.07) is 23.9. The number of hydrogen-bond acceptors (Lipinski definition) is 10. The van der Waals surface area contributed by atoms with Crippen LogP contribution in [0.2, 0.25) is 0 Å². The predicted molar refractivity (Wildman–Crippen MR) is 261 cm³/mol. The molecule has 10 nitrogen and oxygen atoms in total. The van der Waals surface area contributed by atoms with Gasteiger partial charge in [0.15, 0.2) is 0 Å². The van der Waals surface area contributed by atoms with Crippen LogP contribution >= 0.6 is 16.5 Å². The molecule has 0 aliphatic rings. The van der Waals surface area contributed by atoms with E-state index in [1.165, 1.54) is 0 Å². The van der Waals surface area contributed by atoms with Gasteiger partial charge in [0.2, 0.25) is 0 Å². The largest absolute Gasteiger partial charge is 0.497 e. The monoisotopic (exact) mass is 910 g/mol. The summed E-state index contributed by atoms with van der Waals surface area (Å²) < 4.78 is 65.2. The van der Waals surface area contributed by atoms with Crippen molar-refractivity contribution >= 4 is 60.4 Å². The first-order valence-electron chi connectivity index (χ1n) is 21.6. The highest BCUT2D eigenvalue weighted by Gasteiger charge is 2.29. The molecule has 0 N–H and O–H groups in total. The molecule has 0 fully saturated rings. The van der Waals surface area contributed by atoms with Crippen LogP contribution in [0, 0.1) is 0 Å². The van der Waals surface area contributed by atoms with Crippen molar-refractivity contribution in [2.75, 3.05) is 28.4 Å². The summed E-state index contributed by atoms with van der Waals surface area (Å²) in [5.74, 6) is 3.37. The molecule has 342 valence electrons. The molecule has 7 aromatic rings. The van der Waals surface area contributed by atoms with Gasteiger partial charge in [-0.05, 0) is 83.2 Å². The Hall–Kier alpha value is -5.14. The van der Waals surface area contributed by atoms with Crippen molar-refractivity contribution in [2.45, 2.75) is 118 Å². The molecular formula is C52H64O10P2. The molecule has 0 aliphatic heterocycles. The van der Waals surface area contributed by atoms with E-state index in [1.54, 1.807) is 28.4 Å². The van der Waals surface area contributed by atoms with Gasteiger partial charge in [-0.25, -0.2) is 0 Å². The van der Waals surface area contributed by atoms with Gasteiger partial charge in [0.05, 0.1) is 34.5 Å². The summed E-state index contributed by atoms with van der Waals surface area (Å²) in [6.07, 6.45) is -0.578. The van der Waals surface area contributed by atoms with Crippen LogP contribution < -0.4 is 28.0 Å². The number of hydrogen-bond donors (Lipinski definition) is 0. The molecule has 2 aromatic heterocycles. The SMILES string of the molecule is COc1cc(C(C)(C)C)c2op(Oc3ccccc3C(C)Op3oc4c(C(C)(C)C)cc(OC)cc4c4cc(OC)cc(C(C)(C)C)c4o3)oc3c(C(C)(C)C)cc(OC)cc3c2c1. The van der Waals surface area contributed by atoms with E-state index in [2.05, 4.69) is 83.1 Å². The molecule has 7 rings (SSSR count). The Kier molecular flexibility index (Phi) is 12.7. The highest BCUT2D eigenvalue weighted by Crippen LogP contribution is 2.49. The van der Waals surface area contributed by atoms with Gasteiger partial charge in [0.25, 0.3) is 0 Å². The summed E-state index contributed by atoms with van der Waals surface area (Å²) in [5.41, 5.74) is 5.92. The molecule has 1 atom stereocenters. The van der Waals surface area contributed by atoms with Crippen molar-refractivity contribution in [3.63, 3.8) is 0 Å². The van der Waals surface area contributed by atoms with Crippen LogP contribution in [0.25, 0.3) is 43.9 Å². The van der Waals surface area contributed by atoms with Crippen LogP contribution in [0.3, 0.4) is 0 Å². The van der Waals surface area contributed by atoms with E-state index >= 15 is 0 Å². The molecule has 0 aliphatic carbocycles. The van der Waals surface area contributed by atoms with E-state index in [1.807, 2.05) is 79.7 Å². The van der Waals surface area contributed by atoms with Gasteiger partial charge in [0, 0.05) is 49.4 Å². The molecule has 2 heterocycles. The number of ether oxygens (including phenoxy) is 4. The van der Waals surface area contributed by atoms with Crippen LogP contribution in [-0.4, -0.2) is 28.4 Å². The zero-order valence-corrected chi connectivity index (χ0v) is 42.3. The predicted octanol–water partition coefficient (Wildman–Crippen LogP) is 16.1. The molecule has 0 saturated carbocycles. The first-order chi connectivity index (χ1) is 29.9. The average molecular weight is 911 g/mol. The van der Waals surface area contributed by atoms with Crippen molar-refractivity contribution < 1.29 is 44.8 Å². The van der Waals surface area contributed by atoms with E-state index in [9.17, 15) is 0 Å².